The zero-order valence-corrected chi connectivity index (χ0v) is 11.2. The first-order valence-corrected chi connectivity index (χ1v) is 7.02. The molecule has 2 aromatic rings. The first kappa shape index (κ1) is 13.6. The van der Waals surface area contributed by atoms with Crippen molar-refractivity contribution < 1.29 is 9.59 Å². The predicted octanol–water partition coefficient (Wildman–Crippen LogP) is 3.62. The van der Waals surface area contributed by atoms with Gasteiger partial charge in [-0.1, -0.05) is 48.5 Å². The van der Waals surface area contributed by atoms with Crippen molar-refractivity contribution in [3.8, 4) is 0 Å². The van der Waals surface area contributed by atoms with Gasteiger partial charge in [-0.05, 0) is 12.1 Å². The summed E-state index contributed by atoms with van der Waals surface area (Å²) in [6.07, 6.45) is -0.0240. The minimum Gasteiger partial charge on any atom is -0.298 e. The fraction of sp³-hybridized carbons (Fsp3) is 0.125. The molecule has 0 aliphatic heterocycles. The molecule has 0 aromatic heterocycles. The SMILES string of the molecule is O=C(CSc1ccccc1)CC(=O)c1ccccc1. The van der Waals surface area contributed by atoms with Gasteiger partial charge in [0.25, 0.3) is 0 Å². The Balaban J connectivity index is 1.83. The van der Waals surface area contributed by atoms with E-state index in [-0.39, 0.29) is 18.0 Å². The van der Waals surface area contributed by atoms with Crippen molar-refractivity contribution in [1.29, 1.82) is 0 Å². The van der Waals surface area contributed by atoms with Crippen LogP contribution in [0.2, 0.25) is 0 Å². The number of thioether (sulfide) groups is 1. The van der Waals surface area contributed by atoms with Gasteiger partial charge in [-0.2, -0.15) is 0 Å². The molecule has 0 radical (unpaired) electrons. The lowest BCUT2D eigenvalue weighted by Gasteiger charge is -2.01. The molecule has 0 bridgehead atoms. The van der Waals surface area contributed by atoms with Crippen LogP contribution in [-0.2, 0) is 4.79 Å². The van der Waals surface area contributed by atoms with E-state index < -0.39 is 0 Å². The van der Waals surface area contributed by atoms with Crippen LogP contribution in [-0.4, -0.2) is 17.3 Å². The van der Waals surface area contributed by atoms with Crippen molar-refractivity contribution in [3.05, 3.63) is 66.2 Å². The van der Waals surface area contributed by atoms with E-state index >= 15 is 0 Å². The van der Waals surface area contributed by atoms with Crippen LogP contribution in [0, 0.1) is 0 Å². The van der Waals surface area contributed by atoms with Crippen molar-refractivity contribution in [1.82, 2.24) is 0 Å². The van der Waals surface area contributed by atoms with Crippen LogP contribution in [0.1, 0.15) is 16.8 Å². The number of rotatable bonds is 6. The zero-order chi connectivity index (χ0) is 13.5. The lowest BCUT2D eigenvalue weighted by atomic mass is 10.1. The third-order valence-electron chi connectivity index (χ3n) is 2.60. The number of Topliss-reactive ketones (excluding diaryl/α,β-unsaturated/α-hetero) is 2. The van der Waals surface area contributed by atoms with Gasteiger partial charge in [-0.15, -0.1) is 11.8 Å². The van der Waals surface area contributed by atoms with Crippen molar-refractivity contribution in [3.63, 3.8) is 0 Å². The monoisotopic (exact) mass is 270 g/mol. The van der Waals surface area contributed by atoms with Gasteiger partial charge in [0.2, 0.25) is 0 Å². The lowest BCUT2D eigenvalue weighted by Crippen LogP contribution is -2.10. The Morgan fingerprint density at radius 2 is 1.42 bits per heavy atom. The van der Waals surface area contributed by atoms with Gasteiger partial charge in [0.1, 0.15) is 0 Å². The van der Waals surface area contributed by atoms with E-state index in [1.165, 1.54) is 11.8 Å². The largest absolute Gasteiger partial charge is 0.298 e. The molecule has 96 valence electrons. The molecule has 0 unspecified atom stereocenters. The maximum absolute atomic E-state index is 11.8. The van der Waals surface area contributed by atoms with E-state index in [2.05, 4.69) is 0 Å². The zero-order valence-electron chi connectivity index (χ0n) is 10.4. The van der Waals surface area contributed by atoms with Gasteiger partial charge in [0.05, 0.1) is 12.2 Å². The number of carbonyl (C=O) groups excluding carboxylic acids is 2. The summed E-state index contributed by atoms with van der Waals surface area (Å²) in [4.78, 5) is 24.6. The van der Waals surface area contributed by atoms with Crippen molar-refractivity contribution in [2.75, 3.05) is 5.75 Å². The van der Waals surface area contributed by atoms with Crippen LogP contribution in [0.15, 0.2) is 65.6 Å². The summed E-state index contributed by atoms with van der Waals surface area (Å²) in [7, 11) is 0. The molecular weight excluding hydrogens is 256 g/mol. The normalized spacial score (nSPS) is 10.1. The first-order chi connectivity index (χ1) is 9.25. The summed E-state index contributed by atoms with van der Waals surface area (Å²) in [6.45, 7) is 0. The van der Waals surface area contributed by atoms with E-state index in [0.717, 1.165) is 4.90 Å². The van der Waals surface area contributed by atoms with E-state index in [1.807, 2.05) is 36.4 Å². The standard InChI is InChI=1S/C16H14O2S/c17-14(12-19-15-9-5-2-6-10-15)11-16(18)13-7-3-1-4-8-13/h1-10H,11-12H2. The molecule has 0 fully saturated rings. The Labute approximate surface area is 116 Å². The molecule has 2 aromatic carbocycles. The van der Waals surface area contributed by atoms with Gasteiger partial charge in [0, 0.05) is 10.5 Å². The van der Waals surface area contributed by atoms with E-state index in [0.29, 0.717) is 11.3 Å². The maximum atomic E-state index is 11.8. The summed E-state index contributed by atoms with van der Waals surface area (Å²) < 4.78 is 0. The number of benzene rings is 2. The van der Waals surface area contributed by atoms with Gasteiger partial charge in [-0.3, -0.25) is 9.59 Å². The first-order valence-electron chi connectivity index (χ1n) is 6.03. The van der Waals surface area contributed by atoms with Crippen molar-refractivity contribution in [2.45, 2.75) is 11.3 Å². The summed E-state index contributed by atoms with van der Waals surface area (Å²) in [5, 5.41) is 0. The highest BCUT2D eigenvalue weighted by atomic mass is 32.2. The smallest absolute Gasteiger partial charge is 0.170 e. The van der Waals surface area contributed by atoms with E-state index in [9.17, 15) is 9.59 Å². The number of carbonyl (C=O) groups is 2. The Morgan fingerprint density at radius 1 is 0.842 bits per heavy atom. The van der Waals surface area contributed by atoms with Gasteiger partial charge in [0.15, 0.2) is 11.6 Å². The fourth-order valence-electron chi connectivity index (χ4n) is 1.64. The predicted molar refractivity (Wildman–Crippen MR) is 77.6 cm³/mol. The molecule has 0 atom stereocenters. The highest BCUT2D eigenvalue weighted by Gasteiger charge is 2.11. The number of hydrogen-bond donors (Lipinski definition) is 0. The summed E-state index contributed by atoms with van der Waals surface area (Å²) in [5.41, 5.74) is 0.598. The van der Waals surface area contributed by atoms with E-state index in [4.69, 9.17) is 0 Å². The van der Waals surface area contributed by atoms with Gasteiger partial charge < -0.3 is 0 Å². The minimum atomic E-state index is -0.112. The maximum Gasteiger partial charge on any atom is 0.170 e. The Morgan fingerprint density at radius 3 is 2.05 bits per heavy atom. The second-order valence-corrected chi connectivity index (χ2v) is 5.16. The Kier molecular flexibility index (Phi) is 4.93. The molecule has 0 aliphatic carbocycles. The van der Waals surface area contributed by atoms with Crippen molar-refractivity contribution >= 4 is 23.3 Å². The lowest BCUT2D eigenvalue weighted by molar-refractivity contribution is -0.115. The molecule has 0 heterocycles. The number of hydrogen-bond acceptors (Lipinski definition) is 3. The van der Waals surface area contributed by atoms with Crippen LogP contribution >= 0.6 is 11.8 Å². The molecule has 2 nitrogen and oxygen atoms in total. The molecule has 0 amide bonds. The molecule has 3 heteroatoms. The van der Waals surface area contributed by atoms with Gasteiger partial charge >= 0.3 is 0 Å². The number of ketones is 2. The third kappa shape index (κ3) is 4.38. The van der Waals surface area contributed by atoms with Crippen LogP contribution in [0.4, 0.5) is 0 Å². The van der Waals surface area contributed by atoms with Crippen molar-refractivity contribution in [2.24, 2.45) is 0 Å². The van der Waals surface area contributed by atoms with E-state index in [1.54, 1.807) is 24.3 Å². The average molecular weight is 270 g/mol. The summed E-state index contributed by atoms with van der Waals surface area (Å²) in [6, 6.07) is 18.6. The Hall–Kier alpha value is -1.87. The molecule has 2 rings (SSSR count). The second-order valence-electron chi connectivity index (χ2n) is 4.11. The minimum absolute atomic E-state index is 0.0240. The van der Waals surface area contributed by atoms with Crippen LogP contribution in [0.3, 0.4) is 0 Å². The van der Waals surface area contributed by atoms with Crippen LogP contribution in [0.5, 0.6) is 0 Å². The average Bonchev–Trinajstić information content (AvgIpc) is 2.47. The second kappa shape index (κ2) is 6.90. The molecule has 19 heavy (non-hydrogen) atoms. The molecular formula is C16H14O2S. The highest BCUT2D eigenvalue weighted by Crippen LogP contribution is 2.17. The molecule has 0 saturated heterocycles. The molecule has 0 aliphatic rings. The molecule has 0 saturated carbocycles. The summed E-state index contributed by atoms with van der Waals surface area (Å²) in [5.74, 6) is 0.185. The quantitative estimate of drug-likeness (QED) is 0.457. The fourth-order valence-corrected chi connectivity index (χ4v) is 2.42. The molecule has 0 spiro atoms. The summed E-state index contributed by atoms with van der Waals surface area (Å²) >= 11 is 1.46. The van der Waals surface area contributed by atoms with Crippen LogP contribution < -0.4 is 0 Å². The molecule has 0 N–H and O–H groups in total. The highest BCUT2D eigenvalue weighted by molar-refractivity contribution is 8.00. The van der Waals surface area contributed by atoms with Crippen LogP contribution in [0.25, 0.3) is 0 Å². The topological polar surface area (TPSA) is 34.1 Å². The Bertz CT molecular complexity index is 549. The van der Waals surface area contributed by atoms with Gasteiger partial charge in [-0.25, -0.2) is 0 Å². The third-order valence-corrected chi connectivity index (χ3v) is 3.67.